The Hall–Kier alpha value is -3.76. The monoisotopic (exact) mass is 906 g/mol. The Kier molecular flexibility index (Phi) is 19.9. The van der Waals surface area contributed by atoms with E-state index >= 15 is 0 Å². The van der Waals surface area contributed by atoms with Crippen LogP contribution in [0.15, 0.2) is 158 Å². The first-order chi connectivity index (χ1) is 30.0. The third kappa shape index (κ3) is 15.8. The van der Waals surface area contributed by atoms with E-state index in [0.29, 0.717) is 51.4 Å². The lowest BCUT2D eigenvalue weighted by Gasteiger charge is -2.18. The molecule has 2 atom stereocenters. The fourth-order valence-electron chi connectivity index (χ4n) is 6.69. The van der Waals surface area contributed by atoms with Crippen molar-refractivity contribution in [3.8, 4) is 0 Å². The minimum atomic E-state index is 0.0363. The maximum absolute atomic E-state index is 13.1. The maximum Gasteiger partial charge on any atom is 0.219 e. The molecule has 0 spiro atoms. The van der Waals surface area contributed by atoms with E-state index in [0.717, 1.165) is 68.8 Å². The van der Waals surface area contributed by atoms with Crippen LogP contribution in [-0.4, -0.2) is 35.7 Å². The van der Waals surface area contributed by atoms with Crippen molar-refractivity contribution < 1.29 is 19.0 Å². The van der Waals surface area contributed by atoms with Gasteiger partial charge in [0.1, 0.15) is 0 Å². The van der Waals surface area contributed by atoms with E-state index in [-0.39, 0.29) is 15.6 Å². The van der Waals surface area contributed by atoms with E-state index in [1.807, 2.05) is 60.7 Å². The smallest absolute Gasteiger partial charge is 0.219 e. The lowest BCUT2D eigenvalue weighted by Crippen LogP contribution is -2.09. The van der Waals surface area contributed by atoms with Crippen LogP contribution in [0.5, 0.6) is 0 Å². The van der Waals surface area contributed by atoms with E-state index < -0.39 is 0 Å². The van der Waals surface area contributed by atoms with Gasteiger partial charge in [-0.05, 0) is 75.8 Å². The van der Waals surface area contributed by atoms with Crippen LogP contribution in [0.1, 0.15) is 83.8 Å². The lowest BCUT2D eigenvalue weighted by molar-refractivity contribution is 0.00704. The van der Waals surface area contributed by atoms with Crippen LogP contribution in [0.3, 0.4) is 0 Å². The molecule has 0 aliphatic heterocycles. The Morgan fingerprint density at radius 1 is 0.459 bits per heavy atom. The number of alkyl halides is 2. The molecule has 316 valence electrons. The van der Waals surface area contributed by atoms with Gasteiger partial charge in [0.05, 0.1) is 43.8 Å². The summed E-state index contributed by atoms with van der Waals surface area (Å²) in [5.41, 5.74) is 11.2. The molecule has 9 heteroatoms. The number of thiocarbonyl (C=S) groups is 1. The van der Waals surface area contributed by atoms with E-state index in [1.165, 1.54) is 28.5 Å². The number of hydrogen-bond donors (Lipinski definition) is 0. The first-order valence-corrected chi connectivity index (χ1v) is 23.9. The largest absolute Gasteiger partial charge is 0.377 e. The van der Waals surface area contributed by atoms with E-state index in [1.54, 1.807) is 11.8 Å². The molecule has 0 bridgehead atoms. The molecule has 0 amide bonds. The molecular weight excluding hydrogens is 856 g/mol. The van der Waals surface area contributed by atoms with E-state index in [2.05, 4.69) is 97.1 Å². The predicted molar refractivity (Wildman–Crippen MR) is 261 cm³/mol. The highest BCUT2D eigenvalue weighted by molar-refractivity contribution is 8.23. The van der Waals surface area contributed by atoms with Crippen LogP contribution in [0.4, 0.5) is 0 Å². The Balaban J connectivity index is 0.852. The predicted octanol–water partition coefficient (Wildman–Crippen LogP) is 13.9. The number of thioether (sulfide) groups is 2. The van der Waals surface area contributed by atoms with Crippen LogP contribution in [0.2, 0.25) is 0 Å². The van der Waals surface area contributed by atoms with Crippen molar-refractivity contribution in [3.63, 3.8) is 0 Å². The molecule has 0 aromatic heterocycles. The normalized spacial score (nSPS) is 12.2. The zero-order valence-electron chi connectivity index (χ0n) is 34.3. The van der Waals surface area contributed by atoms with Gasteiger partial charge in [-0.2, -0.15) is 0 Å². The number of halogens is 2. The van der Waals surface area contributed by atoms with Gasteiger partial charge in [-0.1, -0.05) is 182 Å². The maximum atomic E-state index is 13.1. The van der Waals surface area contributed by atoms with Crippen molar-refractivity contribution in [1.29, 1.82) is 0 Å². The highest BCUT2D eigenvalue weighted by Crippen LogP contribution is 2.37. The summed E-state index contributed by atoms with van der Waals surface area (Å²) in [6.45, 7) is 3.11. The van der Waals surface area contributed by atoms with Crippen molar-refractivity contribution >= 4 is 68.3 Å². The zero-order valence-corrected chi connectivity index (χ0v) is 38.2. The van der Waals surface area contributed by atoms with Crippen molar-refractivity contribution in [2.75, 3.05) is 26.4 Å². The van der Waals surface area contributed by atoms with Gasteiger partial charge in [-0.3, -0.25) is 4.79 Å². The molecule has 0 N–H and O–H groups in total. The highest BCUT2D eigenvalue weighted by Gasteiger charge is 2.19. The minimum absolute atomic E-state index is 0.0363. The Labute approximate surface area is 385 Å². The molecular formula is C52H52Cl2O4S3. The fourth-order valence-corrected chi connectivity index (χ4v) is 9.65. The van der Waals surface area contributed by atoms with Crippen molar-refractivity contribution in [2.45, 2.75) is 61.2 Å². The minimum Gasteiger partial charge on any atom is -0.377 e. The summed E-state index contributed by atoms with van der Waals surface area (Å²) in [6, 6.07) is 53.8. The van der Waals surface area contributed by atoms with Gasteiger partial charge in [0, 0.05) is 27.8 Å². The summed E-state index contributed by atoms with van der Waals surface area (Å²) >= 11 is 21.1. The molecule has 0 saturated carbocycles. The Morgan fingerprint density at radius 3 is 1.28 bits per heavy atom. The molecule has 6 aromatic carbocycles. The fraction of sp³-hybridized carbons (Fsp3) is 0.269. The first kappa shape index (κ1) is 46.7. The number of rotatable bonds is 24. The summed E-state index contributed by atoms with van der Waals surface area (Å²) in [7, 11) is 0. The van der Waals surface area contributed by atoms with Crippen LogP contribution in [0, 0.1) is 0 Å². The number of carbonyl (C=O) groups is 1. The summed E-state index contributed by atoms with van der Waals surface area (Å²) in [6.07, 6.45) is 3.61. The van der Waals surface area contributed by atoms with Crippen molar-refractivity contribution in [3.05, 3.63) is 213 Å². The van der Waals surface area contributed by atoms with Crippen LogP contribution >= 0.6 is 58.9 Å². The number of aryl methyl sites for hydroxylation is 2. The average Bonchev–Trinajstić information content (AvgIpc) is 3.32. The topological polar surface area (TPSA) is 44.8 Å². The summed E-state index contributed by atoms with van der Waals surface area (Å²) in [4.78, 5) is 13.1. The Morgan fingerprint density at radius 2 is 0.836 bits per heavy atom. The molecule has 2 unspecified atom stereocenters. The van der Waals surface area contributed by atoms with Gasteiger partial charge < -0.3 is 14.2 Å². The lowest BCUT2D eigenvalue weighted by atomic mass is 10.0. The van der Waals surface area contributed by atoms with Crippen LogP contribution in [0.25, 0.3) is 0 Å². The quantitative estimate of drug-likeness (QED) is 0.0341. The van der Waals surface area contributed by atoms with Gasteiger partial charge in [0.15, 0.2) is 0 Å². The summed E-state index contributed by atoms with van der Waals surface area (Å²) < 4.78 is 18.5. The van der Waals surface area contributed by atoms with Gasteiger partial charge >= 0.3 is 0 Å². The molecule has 0 aliphatic rings. The van der Waals surface area contributed by atoms with E-state index in [4.69, 9.17) is 49.6 Å². The van der Waals surface area contributed by atoms with Crippen LogP contribution in [-0.2, 0) is 52.0 Å². The average molecular weight is 908 g/mol. The second kappa shape index (κ2) is 26.0. The third-order valence-electron chi connectivity index (χ3n) is 10.2. The summed E-state index contributed by atoms with van der Waals surface area (Å²) in [5, 5.41) is 0.360. The van der Waals surface area contributed by atoms with Gasteiger partial charge in [-0.25, -0.2) is 0 Å². The van der Waals surface area contributed by atoms with Crippen LogP contribution < -0.4 is 0 Å². The van der Waals surface area contributed by atoms with Gasteiger partial charge in [-0.15, -0.1) is 35.0 Å². The number of carbonyl (C=O) groups excluding carboxylic acids is 1. The van der Waals surface area contributed by atoms with Crippen molar-refractivity contribution in [2.24, 2.45) is 0 Å². The van der Waals surface area contributed by atoms with Crippen molar-refractivity contribution in [1.82, 2.24) is 0 Å². The number of benzene rings is 6. The number of hydrogen-bond acceptors (Lipinski definition) is 7. The van der Waals surface area contributed by atoms with Gasteiger partial charge in [0.2, 0.25) is 5.12 Å². The molecule has 61 heavy (non-hydrogen) atoms. The Bertz CT molecular complexity index is 2030. The first-order valence-electron chi connectivity index (χ1n) is 20.7. The molecule has 0 heterocycles. The molecule has 6 rings (SSSR count). The molecule has 4 nitrogen and oxygen atoms in total. The second-order valence-electron chi connectivity index (χ2n) is 14.7. The SMILES string of the molecule is O=C(SC(CCc1ccc(COCCOCCOCc2ccc(CCC(SC(=S)c3ccccc3)c3ccc(CCl)cc3)cc2)cc1)c1ccc(CCl)cc1)c1ccccc1. The molecule has 0 saturated heterocycles. The molecule has 0 aliphatic carbocycles. The third-order valence-corrected chi connectivity index (χ3v) is 13.9. The summed E-state index contributed by atoms with van der Waals surface area (Å²) in [5.74, 6) is 0.980. The highest BCUT2D eigenvalue weighted by atomic mass is 35.5. The molecule has 6 aromatic rings. The second-order valence-corrected chi connectivity index (χ2v) is 18.3. The molecule has 0 fully saturated rings. The zero-order chi connectivity index (χ0) is 42.5. The standard InChI is InChI=1S/C52H52Cl2O4S3/c53-35-41-19-25-45(26-20-41)49(60-51(55)47-7-3-1-4-8-47)29-23-39-11-15-43(16-12-39)37-57-33-31-56-32-34-58-38-44-17-13-40(14-18-44)24-30-50(46-27-21-42(36-54)22-28-46)61-52(59)48-9-5-2-6-10-48/h1-22,25-28,49-50H,23-24,29-38H2. The molecule has 0 radical (unpaired) electrons. The van der Waals surface area contributed by atoms with E-state index in [9.17, 15) is 4.79 Å². The number of ether oxygens (including phenoxy) is 3. The van der Waals surface area contributed by atoms with Gasteiger partial charge in [0.25, 0.3) is 0 Å².